The molecule has 0 unspecified atom stereocenters. The highest BCUT2D eigenvalue weighted by Crippen LogP contribution is 2.24. The Labute approximate surface area is 137 Å². The van der Waals surface area contributed by atoms with Gasteiger partial charge in [-0.3, -0.25) is 0 Å². The minimum Gasteiger partial charge on any atom is -0.497 e. The number of halogens is 1. The number of aromatic carboxylic acids is 1. The van der Waals surface area contributed by atoms with E-state index in [4.69, 9.17) is 16.3 Å². The average molecular weight is 329 g/mol. The fourth-order valence-electron chi connectivity index (χ4n) is 2.22. The van der Waals surface area contributed by atoms with Crippen LogP contribution < -0.4 is 4.74 Å². The molecule has 5 nitrogen and oxygen atoms in total. The van der Waals surface area contributed by atoms with Gasteiger partial charge in [-0.25, -0.2) is 9.48 Å². The summed E-state index contributed by atoms with van der Waals surface area (Å²) in [6, 6.07) is 15.6. The van der Waals surface area contributed by atoms with E-state index < -0.39 is 5.97 Å². The maximum atomic E-state index is 11.5. The fraction of sp³-hybridized carbons (Fsp3) is 0.0588. The lowest BCUT2D eigenvalue weighted by atomic mass is 10.1. The zero-order chi connectivity index (χ0) is 16.4. The van der Waals surface area contributed by atoms with Crippen molar-refractivity contribution in [1.82, 2.24) is 9.78 Å². The fourth-order valence-corrected chi connectivity index (χ4v) is 2.34. The van der Waals surface area contributed by atoms with E-state index in [-0.39, 0.29) is 5.69 Å². The zero-order valence-corrected chi connectivity index (χ0v) is 13.0. The number of methoxy groups -OCH3 is 1. The van der Waals surface area contributed by atoms with Gasteiger partial charge in [-0.1, -0.05) is 11.6 Å². The number of benzene rings is 2. The molecule has 116 valence electrons. The molecule has 1 aromatic heterocycles. The highest BCUT2D eigenvalue weighted by Gasteiger charge is 2.16. The highest BCUT2D eigenvalue weighted by atomic mass is 35.5. The summed E-state index contributed by atoms with van der Waals surface area (Å²) in [6.07, 6.45) is 0. The SMILES string of the molecule is COc1ccc(-c2cc(C(=O)O)n(-c3ccc(Cl)cc3)n2)cc1. The Morgan fingerprint density at radius 2 is 1.78 bits per heavy atom. The molecule has 1 heterocycles. The molecule has 1 N–H and O–H groups in total. The van der Waals surface area contributed by atoms with Crippen LogP contribution in [0.4, 0.5) is 0 Å². The molecule has 0 aliphatic heterocycles. The number of nitrogens with zero attached hydrogens (tertiary/aromatic N) is 2. The molecule has 0 aliphatic carbocycles. The van der Waals surface area contributed by atoms with Gasteiger partial charge in [0.05, 0.1) is 18.5 Å². The van der Waals surface area contributed by atoms with E-state index in [1.54, 1.807) is 49.6 Å². The predicted octanol–water partition coefficient (Wildman–Crippen LogP) is 3.90. The molecular formula is C17H13ClN2O3. The minimum atomic E-state index is -1.05. The summed E-state index contributed by atoms with van der Waals surface area (Å²) >= 11 is 5.87. The molecule has 0 saturated carbocycles. The third kappa shape index (κ3) is 3.05. The second kappa shape index (κ2) is 6.14. The molecule has 3 aromatic rings. The van der Waals surface area contributed by atoms with E-state index in [0.29, 0.717) is 16.4 Å². The summed E-state index contributed by atoms with van der Waals surface area (Å²) in [4.78, 5) is 11.5. The average Bonchev–Trinajstić information content (AvgIpc) is 3.01. The summed E-state index contributed by atoms with van der Waals surface area (Å²) < 4.78 is 6.51. The smallest absolute Gasteiger partial charge is 0.354 e. The maximum absolute atomic E-state index is 11.5. The third-order valence-corrected chi connectivity index (χ3v) is 3.64. The van der Waals surface area contributed by atoms with Crippen molar-refractivity contribution < 1.29 is 14.6 Å². The minimum absolute atomic E-state index is 0.0816. The molecule has 0 saturated heterocycles. The third-order valence-electron chi connectivity index (χ3n) is 3.39. The van der Waals surface area contributed by atoms with Crippen LogP contribution in [0.2, 0.25) is 5.02 Å². The Balaban J connectivity index is 2.07. The van der Waals surface area contributed by atoms with Crippen LogP contribution in [0.5, 0.6) is 5.75 Å². The Kier molecular flexibility index (Phi) is 4.04. The van der Waals surface area contributed by atoms with Crippen molar-refractivity contribution in [2.75, 3.05) is 7.11 Å². The number of ether oxygens (including phenoxy) is 1. The first-order chi connectivity index (χ1) is 11.1. The molecule has 0 spiro atoms. The van der Waals surface area contributed by atoms with E-state index in [1.165, 1.54) is 4.68 Å². The first kappa shape index (κ1) is 15.1. The normalized spacial score (nSPS) is 10.5. The van der Waals surface area contributed by atoms with Crippen molar-refractivity contribution in [1.29, 1.82) is 0 Å². The van der Waals surface area contributed by atoms with Gasteiger partial charge < -0.3 is 9.84 Å². The van der Waals surface area contributed by atoms with Crippen molar-refractivity contribution >= 4 is 17.6 Å². The molecule has 0 bridgehead atoms. The van der Waals surface area contributed by atoms with Gasteiger partial charge in [0.15, 0.2) is 5.69 Å². The molecular weight excluding hydrogens is 316 g/mol. The van der Waals surface area contributed by atoms with Gasteiger partial charge in [0.2, 0.25) is 0 Å². The number of carboxylic acid groups (broad SMARTS) is 1. The number of hydrogen-bond acceptors (Lipinski definition) is 3. The highest BCUT2D eigenvalue weighted by molar-refractivity contribution is 6.30. The number of carbonyl (C=O) groups is 1. The van der Waals surface area contributed by atoms with Crippen LogP contribution in [0, 0.1) is 0 Å². The quantitative estimate of drug-likeness (QED) is 0.789. The summed E-state index contributed by atoms with van der Waals surface area (Å²) in [5.74, 6) is -0.323. The molecule has 0 atom stereocenters. The monoisotopic (exact) mass is 328 g/mol. The first-order valence-corrected chi connectivity index (χ1v) is 7.20. The topological polar surface area (TPSA) is 64.3 Å². The molecule has 6 heteroatoms. The molecule has 3 rings (SSSR count). The van der Waals surface area contributed by atoms with Gasteiger partial charge >= 0.3 is 5.97 Å². The van der Waals surface area contributed by atoms with Crippen molar-refractivity contribution in [3.8, 4) is 22.7 Å². The van der Waals surface area contributed by atoms with Crippen molar-refractivity contribution in [3.05, 3.63) is 65.3 Å². The second-order valence-electron chi connectivity index (χ2n) is 4.84. The van der Waals surface area contributed by atoms with E-state index in [1.807, 2.05) is 12.1 Å². The second-order valence-corrected chi connectivity index (χ2v) is 5.27. The van der Waals surface area contributed by atoms with Crippen LogP contribution >= 0.6 is 11.6 Å². The standard InChI is InChI=1S/C17H13ClN2O3/c1-23-14-8-2-11(3-9-14)15-10-16(17(21)22)20(19-15)13-6-4-12(18)5-7-13/h2-10H,1H3,(H,21,22). The number of hydrogen-bond donors (Lipinski definition) is 1. The summed E-state index contributed by atoms with van der Waals surface area (Å²) in [7, 11) is 1.59. The van der Waals surface area contributed by atoms with Gasteiger partial charge in [0.25, 0.3) is 0 Å². The van der Waals surface area contributed by atoms with Crippen molar-refractivity contribution in [3.63, 3.8) is 0 Å². The molecule has 0 amide bonds. The van der Waals surface area contributed by atoms with Crippen LogP contribution in [0.1, 0.15) is 10.5 Å². The Morgan fingerprint density at radius 1 is 1.13 bits per heavy atom. The van der Waals surface area contributed by atoms with Gasteiger partial charge in [-0.05, 0) is 54.6 Å². The van der Waals surface area contributed by atoms with Crippen LogP contribution in [0.15, 0.2) is 54.6 Å². The van der Waals surface area contributed by atoms with E-state index >= 15 is 0 Å². The van der Waals surface area contributed by atoms with Crippen LogP contribution in [0.25, 0.3) is 16.9 Å². The Morgan fingerprint density at radius 3 is 2.35 bits per heavy atom. The van der Waals surface area contributed by atoms with E-state index in [0.717, 1.165) is 11.3 Å². The van der Waals surface area contributed by atoms with Gasteiger partial charge in [-0.15, -0.1) is 0 Å². The van der Waals surface area contributed by atoms with Crippen LogP contribution in [0.3, 0.4) is 0 Å². The van der Waals surface area contributed by atoms with Crippen molar-refractivity contribution in [2.24, 2.45) is 0 Å². The van der Waals surface area contributed by atoms with Crippen LogP contribution in [-0.2, 0) is 0 Å². The molecule has 0 aliphatic rings. The zero-order valence-electron chi connectivity index (χ0n) is 12.2. The maximum Gasteiger partial charge on any atom is 0.354 e. The van der Waals surface area contributed by atoms with Crippen LogP contribution in [-0.4, -0.2) is 28.0 Å². The largest absolute Gasteiger partial charge is 0.497 e. The lowest BCUT2D eigenvalue weighted by Crippen LogP contribution is -2.07. The number of carboxylic acids is 1. The Hall–Kier alpha value is -2.79. The summed E-state index contributed by atoms with van der Waals surface area (Å²) in [5.41, 5.74) is 2.09. The van der Waals surface area contributed by atoms with Crippen molar-refractivity contribution in [2.45, 2.75) is 0 Å². The van der Waals surface area contributed by atoms with Gasteiger partial charge in [-0.2, -0.15) is 5.10 Å². The number of aromatic nitrogens is 2. The molecule has 23 heavy (non-hydrogen) atoms. The van der Waals surface area contributed by atoms with E-state index in [2.05, 4.69) is 5.10 Å². The van der Waals surface area contributed by atoms with E-state index in [9.17, 15) is 9.90 Å². The molecule has 0 radical (unpaired) electrons. The van der Waals surface area contributed by atoms with Gasteiger partial charge in [0.1, 0.15) is 5.75 Å². The lowest BCUT2D eigenvalue weighted by Gasteiger charge is -2.04. The Bertz CT molecular complexity index is 839. The molecule has 2 aromatic carbocycles. The van der Waals surface area contributed by atoms with Gasteiger partial charge in [0, 0.05) is 10.6 Å². The molecule has 0 fully saturated rings. The first-order valence-electron chi connectivity index (χ1n) is 6.82. The lowest BCUT2D eigenvalue weighted by molar-refractivity contribution is 0.0687. The number of rotatable bonds is 4. The predicted molar refractivity (Wildman–Crippen MR) is 87.5 cm³/mol. The summed E-state index contributed by atoms with van der Waals surface area (Å²) in [6.45, 7) is 0. The summed E-state index contributed by atoms with van der Waals surface area (Å²) in [5, 5.41) is 14.4.